The Morgan fingerprint density at radius 2 is 1.71 bits per heavy atom. The van der Waals surface area contributed by atoms with Gasteiger partial charge in [0.25, 0.3) is 10.1 Å². The van der Waals surface area contributed by atoms with Gasteiger partial charge in [0, 0.05) is 6.92 Å². The van der Waals surface area contributed by atoms with Crippen molar-refractivity contribution in [3.05, 3.63) is 24.8 Å². The summed E-state index contributed by atoms with van der Waals surface area (Å²) in [5.41, 5.74) is -0.431. The maximum Gasteiger partial charge on any atom is 0.318 e. The minimum atomic E-state index is -4.61. The third kappa shape index (κ3) is 5.45. The van der Waals surface area contributed by atoms with Crippen LogP contribution in [0.25, 0.3) is 0 Å². The zero-order valence-corrected chi connectivity index (χ0v) is 17.1. The van der Waals surface area contributed by atoms with E-state index in [2.05, 4.69) is 4.18 Å². The number of aliphatic carboxylic acids is 1. The van der Waals surface area contributed by atoms with Crippen LogP contribution in [-0.2, 0) is 23.9 Å². The van der Waals surface area contributed by atoms with E-state index in [0.717, 1.165) is 19.1 Å². The maximum absolute atomic E-state index is 13.9. The number of hydrogen-bond donors (Lipinski definition) is 0. The molecule has 0 bridgehead atoms. The zero-order chi connectivity index (χ0) is 18.9. The predicted molar refractivity (Wildman–Crippen MR) is 91.8 cm³/mol. The number of esters is 1. The number of halogens is 4. The lowest BCUT2D eigenvalue weighted by atomic mass is 10.0. The van der Waals surface area contributed by atoms with Gasteiger partial charge in [-0.25, -0.2) is 0 Å². The Kier molecular flexibility index (Phi) is 6.91. The Morgan fingerprint density at radius 3 is 2.04 bits per heavy atom. The van der Waals surface area contributed by atoms with Crippen LogP contribution in [0.15, 0.2) is 12.1 Å². The summed E-state index contributed by atoms with van der Waals surface area (Å²) in [7, 11) is -4.40. The summed E-state index contributed by atoms with van der Waals surface area (Å²) in [5, 5.41) is 10.7. The lowest BCUT2D eigenvalue weighted by Crippen LogP contribution is -2.47. The van der Waals surface area contributed by atoms with E-state index in [1.54, 1.807) is 45.2 Å². The highest BCUT2D eigenvalue weighted by Gasteiger charge is 2.46. The average Bonchev–Trinajstić information content (AvgIpc) is 2.38. The molecule has 0 aromatic heterocycles. The monoisotopic (exact) mass is 589 g/mol. The van der Waals surface area contributed by atoms with Gasteiger partial charge < -0.3 is 14.6 Å². The first-order chi connectivity index (χ1) is 10.8. The summed E-state index contributed by atoms with van der Waals surface area (Å²) < 4.78 is 59.7. The molecule has 0 saturated carbocycles. The molecular formula is C12H9F2I2O7S-. The standard InChI is InChI=1S/C12H10F2I2O7S/c1-5(17)22-9-7(15)3-6(4-8(9)16)10(23-24(2,20)21)12(13,14)11(18)19/h3-4,10H,1-2H3,(H,18,19)/p-1. The van der Waals surface area contributed by atoms with Gasteiger partial charge in [0.05, 0.1) is 13.4 Å². The largest absolute Gasteiger partial charge is 0.544 e. The second kappa shape index (κ2) is 7.74. The highest BCUT2D eigenvalue weighted by atomic mass is 127. The van der Waals surface area contributed by atoms with Crippen molar-refractivity contribution in [2.45, 2.75) is 19.0 Å². The van der Waals surface area contributed by atoms with Gasteiger partial charge in [0.15, 0.2) is 11.9 Å². The summed E-state index contributed by atoms with van der Waals surface area (Å²) in [6, 6.07) is 2.07. The molecule has 0 aliphatic carbocycles. The van der Waals surface area contributed by atoms with E-state index in [1.165, 1.54) is 0 Å². The van der Waals surface area contributed by atoms with Gasteiger partial charge in [-0.1, -0.05) is 0 Å². The van der Waals surface area contributed by atoms with Crippen molar-refractivity contribution in [1.82, 2.24) is 0 Å². The van der Waals surface area contributed by atoms with Gasteiger partial charge in [0.1, 0.15) is 5.97 Å². The molecule has 0 heterocycles. The van der Waals surface area contributed by atoms with Gasteiger partial charge >= 0.3 is 11.9 Å². The molecule has 12 heteroatoms. The molecule has 0 N–H and O–H groups in total. The van der Waals surface area contributed by atoms with Gasteiger partial charge in [-0.05, 0) is 62.9 Å². The third-order valence-corrected chi connectivity index (χ3v) is 4.59. The average molecular weight is 589 g/mol. The number of alkyl halides is 2. The Labute approximate surface area is 163 Å². The number of carboxylic acid groups (broad SMARTS) is 1. The number of ether oxygens (including phenoxy) is 1. The number of carbonyl (C=O) groups excluding carboxylic acids is 2. The van der Waals surface area contributed by atoms with Gasteiger partial charge in [0.2, 0.25) is 0 Å². The van der Waals surface area contributed by atoms with Crippen molar-refractivity contribution in [1.29, 1.82) is 0 Å². The van der Waals surface area contributed by atoms with Crippen LogP contribution in [0.1, 0.15) is 18.6 Å². The van der Waals surface area contributed by atoms with E-state index in [4.69, 9.17) is 4.74 Å². The number of hydrogen-bond acceptors (Lipinski definition) is 7. The van der Waals surface area contributed by atoms with E-state index >= 15 is 0 Å². The van der Waals surface area contributed by atoms with Gasteiger partial charge in [-0.15, -0.1) is 0 Å². The predicted octanol–water partition coefficient (Wildman–Crippen LogP) is 1.22. The molecule has 1 aromatic carbocycles. The molecule has 24 heavy (non-hydrogen) atoms. The number of benzene rings is 1. The van der Waals surface area contributed by atoms with E-state index in [-0.39, 0.29) is 12.9 Å². The lowest BCUT2D eigenvalue weighted by Gasteiger charge is -2.27. The highest BCUT2D eigenvalue weighted by Crippen LogP contribution is 2.39. The molecule has 0 radical (unpaired) electrons. The van der Waals surface area contributed by atoms with Gasteiger partial charge in [-0.2, -0.15) is 17.2 Å². The van der Waals surface area contributed by atoms with Crippen LogP contribution in [0.2, 0.25) is 0 Å². The summed E-state index contributed by atoms with van der Waals surface area (Å²) in [5.74, 6) is -7.98. The molecule has 0 aliphatic heterocycles. The molecule has 1 unspecified atom stereocenters. The SMILES string of the molecule is CC(=O)Oc1c(I)cc(C(OS(C)(=O)=O)C(F)(F)C(=O)[O-])cc1I. The van der Waals surface area contributed by atoms with Crippen LogP contribution in [0.3, 0.4) is 0 Å². The summed E-state index contributed by atoms with van der Waals surface area (Å²) in [6.07, 6.45) is -2.12. The smallest absolute Gasteiger partial charge is 0.318 e. The Hall–Kier alpha value is -0.610. The van der Waals surface area contributed by atoms with Crippen LogP contribution >= 0.6 is 45.2 Å². The minimum Gasteiger partial charge on any atom is -0.544 e. The molecule has 7 nitrogen and oxygen atoms in total. The van der Waals surface area contributed by atoms with E-state index < -0.39 is 39.6 Å². The van der Waals surface area contributed by atoms with Crippen LogP contribution < -0.4 is 9.84 Å². The zero-order valence-electron chi connectivity index (χ0n) is 12.0. The van der Waals surface area contributed by atoms with Crippen molar-refractivity contribution in [3.63, 3.8) is 0 Å². The van der Waals surface area contributed by atoms with Crippen LogP contribution in [0, 0.1) is 7.14 Å². The van der Waals surface area contributed by atoms with Crippen LogP contribution in [0.5, 0.6) is 5.75 Å². The maximum atomic E-state index is 13.9. The normalized spacial score (nSPS) is 13.4. The molecule has 1 aromatic rings. The first-order valence-electron chi connectivity index (χ1n) is 5.90. The van der Waals surface area contributed by atoms with Crippen LogP contribution in [-0.4, -0.2) is 32.5 Å². The second-order valence-corrected chi connectivity index (χ2v) is 8.42. The first kappa shape index (κ1) is 21.4. The molecule has 0 amide bonds. The second-order valence-electron chi connectivity index (χ2n) is 4.50. The fourth-order valence-electron chi connectivity index (χ4n) is 1.58. The number of carboxylic acids is 1. The molecule has 1 atom stereocenters. The molecule has 0 spiro atoms. The lowest BCUT2D eigenvalue weighted by molar-refractivity contribution is -0.335. The minimum absolute atomic E-state index is 0.0716. The fourth-order valence-corrected chi connectivity index (χ4v) is 4.20. The van der Waals surface area contributed by atoms with E-state index in [0.29, 0.717) is 6.26 Å². The third-order valence-electron chi connectivity index (χ3n) is 2.44. The highest BCUT2D eigenvalue weighted by molar-refractivity contribution is 14.1. The number of carbonyl (C=O) groups is 2. The van der Waals surface area contributed by atoms with E-state index in [1.807, 2.05) is 0 Å². The van der Waals surface area contributed by atoms with Crippen LogP contribution in [0.4, 0.5) is 8.78 Å². The van der Waals surface area contributed by atoms with Crippen molar-refractivity contribution < 1.29 is 40.8 Å². The Bertz CT molecular complexity index is 757. The van der Waals surface area contributed by atoms with Gasteiger partial charge in [-0.3, -0.25) is 8.98 Å². The van der Waals surface area contributed by atoms with Crippen molar-refractivity contribution in [2.24, 2.45) is 0 Å². The summed E-state index contributed by atoms with van der Waals surface area (Å²) >= 11 is 3.33. The van der Waals surface area contributed by atoms with Crippen molar-refractivity contribution in [2.75, 3.05) is 6.26 Å². The Morgan fingerprint density at radius 1 is 1.25 bits per heavy atom. The first-order valence-corrected chi connectivity index (χ1v) is 9.88. The number of rotatable bonds is 6. The van der Waals surface area contributed by atoms with E-state index in [9.17, 15) is 31.9 Å². The Balaban J connectivity index is 3.49. The molecule has 0 aliphatic rings. The molecular weight excluding hydrogens is 580 g/mol. The molecule has 1 rings (SSSR count). The topological polar surface area (TPSA) is 110 Å². The van der Waals surface area contributed by atoms with Crippen molar-refractivity contribution >= 4 is 67.2 Å². The summed E-state index contributed by atoms with van der Waals surface area (Å²) in [6.45, 7) is 1.14. The summed E-state index contributed by atoms with van der Waals surface area (Å²) in [4.78, 5) is 21.7. The molecule has 0 saturated heterocycles. The molecule has 134 valence electrons. The fraction of sp³-hybridized carbons (Fsp3) is 0.333. The van der Waals surface area contributed by atoms with Crippen molar-refractivity contribution in [3.8, 4) is 5.75 Å². The quantitative estimate of drug-likeness (QED) is 0.213. The molecule has 0 fully saturated rings.